The maximum absolute atomic E-state index is 11.7. The molecule has 0 saturated carbocycles. The van der Waals surface area contributed by atoms with Gasteiger partial charge in [-0.25, -0.2) is 13.4 Å². The van der Waals surface area contributed by atoms with Crippen LogP contribution < -0.4 is 10.2 Å². The Kier molecular flexibility index (Phi) is 9.95. The van der Waals surface area contributed by atoms with Crippen LogP contribution in [0.5, 0.6) is 0 Å². The number of sulfonamides is 1. The van der Waals surface area contributed by atoms with Crippen molar-refractivity contribution in [1.29, 1.82) is 5.26 Å². The summed E-state index contributed by atoms with van der Waals surface area (Å²) in [4.78, 5) is 6.67. The first kappa shape index (κ1) is 28.3. The molecule has 0 spiro atoms. The monoisotopic (exact) mass is 650 g/mol. The van der Waals surface area contributed by atoms with Gasteiger partial charge in [0.2, 0.25) is 10.0 Å². The number of hydrogen-bond acceptors (Lipinski definition) is 7. The van der Waals surface area contributed by atoms with Gasteiger partial charge in [-0.3, -0.25) is 0 Å². The van der Waals surface area contributed by atoms with E-state index >= 15 is 0 Å². The van der Waals surface area contributed by atoms with E-state index in [9.17, 15) is 13.7 Å². The van der Waals surface area contributed by atoms with Gasteiger partial charge in [0.25, 0.3) is 0 Å². The van der Waals surface area contributed by atoms with E-state index in [0.717, 1.165) is 29.8 Å². The van der Waals surface area contributed by atoms with Gasteiger partial charge in [-0.15, -0.1) is 0 Å². The van der Waals surface area contributed by atoms with Crippen molar-refractivity contribution in [2.45, 2.75) is 25.4 Å². The number of halogens is 1. The number of aliphatic imine (C=N–C) groups is 1. The third-order valence-electron chi connectivity index (χ3n) is 6.50. The van der Waals surface area contributed by atoms with E-state index in [1.807, 2.05) is 59.3 Å². The Bertz CT molecular complexity index is 1280. The van der Waals surface area contributed by atoms with E-state index in [0.29, 0.717) is 63.0 Å². The van der Waals surface area contributed by atoms with E-state index in [4.69, 9.17) is 9.47 Å². The van der Waals surface area contributed by atoms with Gasteiger partial charge in [-0.2, -0.15) is 12.8 Å². The van der Waals surface area contributed by atoms with Crippen LogP contribution in [0.3, 0.4) is 0 Å². The Morgan fingerprint density at radius 3 is 2.55 bits per heavy atom. The summed E-state index contributed by atoms with van der Waals surface area (Å²) in [6.07, 6.45) is 10.7. The number of allylic oxidation sites excluding steroid dienone is 4. The number of hydrogen-bond donors (Lipinski definition) is 1. The van der Waals surface area contributed by atoms with Gasteiger partial charge < -0.3 is 19.7 Å². The molecule has 0 aromatic heterocycles. The van der Waals surface area contributed by atoms with Gasteiger partial charge in [0.15, 0.2) is 5.84 Å². The number of benzene rings is 1. The molecule has 3 aliphatic rings. The molecule has 38 heavy (non-hydrogen) atoms. The lowest BCUT2D eigenvalue weighted by Gasteiger charge is -2.34. The number of rotatable bonds is 7. The normalized spacial score (nSPS) is 20.3. The molecule has 1 aromatic rings. The van der Waals surface area contributed by atoms with Gasteiger partial charge in [-0.05, 0) is 42.8 Å². The lowest BCUT2D eigenvalue weighted by Crippen LogP contribution is -2.48. The van der Waals surface area contributed by atoms with E-state index in [2.05, 4.69) is 24.5 Å². The summed E-state index contributed by atoms with van der Waals surface area (Å²) in [6, 6.07) is 10.2. The standard InChI is InChI=1S/C26H31IN6O4S/c1-38(34,35)33-13-11-32(12-14-33)23-7-5-22(6-8-23)29-19-30-26(31-27)20-3-2-4-25(21(17-20)18-28)37-24-9-15-36-16-10-24/h2,4-8,17,19,24H,3,9-16H2,1H3,(H,29,30,31). The van der Waals surface area contributed by atoms with Crippen LogP contribution in [0.4, 0.5) is 11.4 Å². The van der Waals surface area contributed by atoms with Gasteiger partial charge in [0.05, 0.1) is 54.2 Å². The molecular formula is C26H31IN6O4S. The fraction of sp³-hybridized carbons (Fsp3) is 0.423. The Morgan fingerprint density at radius 1 is 1.21 bits per heavy atom. The van der Waals surface area contributed by atoms with Crippen LogP contribution in [0.1, 0.15) is 19.3 Å². The third-order valence-corrected chi connectivity index (χ3v) is 8.26. The van der Waals surface area contributed by atoms with Crippen molar-refractivity contribution >= 4 is 56.4 Å². The molecule has 0 atom stereocenters. The van der Waals surface area contributed by atoms with Crippen LogP contribution in [0.25, 0.3) is 0 Å². The lowest BCUT2D eigenvalue weighted by atomic mass is 10.1. The Morgan fingerprint density at radius 2 is 1.92 bits per heavy atom. The highest BCUT2D eigenvalue weighted by Gasteiger charge is 2.23. The highest BCUT2D eigenvalue weighted by molar-refractivity contribution is 14.1. The lowest BCUT2D eigenvalue weighted by molar-refractivity contribution is -0.00101. The first-order valence-corrected chi connectivity index (χ1v) is 15.2. The molecular weight excluding hydrogens is 619 g/mol. The Balaban J connectivity index is 1.36. The average molecular weight is 651 g/mol. The molecule has 2 aliphatic heterocycles. The second kappa shape index (κ2) is 13.4. The number of nitrogens with zero attached hydrogens (tertiary/aromatic N) is 5. The fourth-order valence-electron chi connectivity index (χ4n) is 4.38. The smallest absolute Gasteiger partial charge is 0.211 e. The van der Waals surface area contributed by atoms with E-state index < -0.39 is 10.0 Å². The Labute approximate surface area is 238 Å². The number of amidine groups is 1. The van der Waals surface area contributed by atoms with Gasteiger partial charge >= 0.3 is 0 Å². The summed E-state index contributed by atoms with van der Waals surface area (Å²) in [5, 5.41) is 12.9. The van der Waals surface area contributed by atoms with Crippen LogP contribution in [-0.2, 0) is 19.5 Å². The minimum atomic E-state index is -3.15. The maximum Gasteiger partial charge on any atom is 0.211 e. The highest BCUT2D eigenvalue weighted by Crippen LogP contribution is 2.24. The van der Waals surface area contributed by atoms with Crippen LogP contribution in [0.15, 0.2) is 67.6 Å². The molecule has 202 valence electrons. The van der Waals surface area contributed by atoms with Crippen molar-refractivity contribution in [2.24, 2.45) is 8.20 Å². The minimum absolute atomic E-state index is 0.0464. The van der Waals surface area contributed by atoms with E-state index in [-0.39, 0.29) is 6.10 Å². The molecule has 2 saturated heterocycles. The minimum Gasteiger partial charge on any atom is -0.489 e. The predicted octanol–water partition coefficient (Wildman–Crippen LogP) is 3.82. The van der Waals surface area contributed by atoms with Crippen LogP contribution in [0, 0.1) is 11.3 Å². The van der Waals surface area contributed by atoms with E-state index in [1.54, 1.807) is 12.4 Å². The molecule has 2 heterocycles. The molecule has 0 bridgehead atoms. The van der Waals surface area contributed by atoms with Crippen molar-refractivity contribution < 1.29 is 17.9 Å². The first-order valence-electron chi connectivity index (χ1n) is 12.4. The molecule has 1 aromatic carbocycles. The SMILES string of the molecule is CS(=O)(=O)N1CCN(c2ccc(N/C=N/C(=N\I)C3=CC(C#N)=C(OC4CCOCC4)C=CC3)cc2)CC1. The molecule has 1 aliphatic carbocycles. The van der Waals surface area contributed by atoms with Gasteiger partial charge in [0.1, 0.15) is 17.9 Å². The fourth-order valence-corrected chi connectivity index (χ4v) is 5.64. The number of ether oxygens (including phenoxy) is 2. The molecule has 10 nitrogen and oxygen atoms in total. The predicted molar refractivity (Wildman–Crippen MR) is 158 cm³/mol. The summed E-state index contributed by atoms with van der Waals surface area (Å²) < 4.78 is 40.8. The number of nitriles is 1. The zero-order valence-corrected chi connectivity index (χ0v) is 24.2. The number of nitrogens with one attached hydrogen (secondary N) is 1. The molecule has 0 amide bonds. The summed E-state index contributed by atoms with van der Waals surface area (Å²) in [7, 11) is -3.15. The molecule has 2 fully saturated rings. The highest BCUT2D eigenvalue weighted by atomic mass is 127. The number of piperazine rings is 1. The summed E-state index contributed by atoms with van der Waals surface area (Å²) >= 11 is 1.91. The average Bonchev–Trinajstić information content (AvgIpc) is 3.13. The molecule has 0 unspecified atom stereocenters. The quantitative estimate of drug-likeness (QED) is 0.271. The van der Waals surface area contributed by atoms with Gasteiger partial charge in [0, 0.05) is 56.0 Å². The molecule has 12 heteroatoms. The molecule has 4 rings (SSSR count). The van der Waals surface area contributed by atoms with Crippen LogP contribution >= 0.6 is 22.9 Å². The zero-order chi connectivity index (χ0) is 27.0. The summed E-state index contributed by atoms with van der Waals surface area (Å²) in [5.74, 6) is 1.09. The first-order chi connectivity index (χ1) is 18.4. The van der Waals surface area contributed by atoms with Crippen molar-refractivity contribution in [1.82, 2.24) is 4.31 Å². The third kappa shape index (κ3) is 7.66. The summed E-state index contributed by atoms with van der Waals surface area (Å²) in [6.45, 7) is 3.62. The molecule has 0 radical (unpaired) electrons. The van der Waals surface area contributed by atoms with Crippen LogP contribution in [0.2, 0.25) is 0 Å². The number of anilines is 2. The second-order valence-electron chi connectivity index (χ2n) is 9.10. The van der Waals surface area contributed by atoms with Crippen LogP contribution in [-0.4, -0.2) is 76.6 Å². The van der Waals surface area contributed by atoms with Gasteiger partial charge in [-0.1, -0.05) is 6.08 Å². The van der Waals surface area contributed by atoms with E-state index in [1.165, 1.54) is 10.6 Å². The largest absolute Gasteiger partial charge is 0.489 e. The second-order valence-corrected chi connectivity index (χ2v) is 11.6. The summed E-state index contributed by atoms with van der Waals surface area (Å²) in [5.41, 5.74) is 3.17. The zero-order valence-electron chi connectivity index (χ0n) is 21.2. The Hall–Kier alpha value is -2.73. The van der Waals surface area contributed by atoms with Crippen molar-refractivity contribution in [3.63, 3.8) is 0 Å². The topological polar surface area (TPSA) is 120 Å². The van der Waals surface area contributed by atoms with Crippen molar-refractivity contribution in [3.05, 3.63) is 59.4 Å². The maximum atomic E-state index is 11.7. The molecule has 1 N–H and O–H groups in total. The van der Waals surface area contributed by atoms with Crippen molar-refractivity contribution in [2.75, 3.05) is 55.9 Å². The van der Waals surface area contributed by atoms with Crippen molar-refractivity contribution in [3.8, 4) is 6.07 Å².